The molecule has 2 unspecified atom stereocenters. The first-order valence-corrected chi connectivity index (χ1v) is 12.2. The lowest BCUT2D eigenvalue weighted by Crippen LogP contribution is -2.62. The van der Waals surface area contributed by atoms with E-state index in [1.54, 1.807) is 17.0 Å². The number of esters is 1. The van der Waals surface area contributed by atoms with Crippen LogP contribution in [0, 0.1) is 11.8 Å². The number of ether oxygens (including phenoxy) is 1. The van der Waals surface area contributed by atoms with Crippen molar-refractivity contribution in [3.63, 3.8) is 0 Å². The Labute approximate surface area is 199 Å². The Morgan fingerprint density at radius 3 is 2.53 bits per heavy atom. The predicted molar refractivity (Wildman–Crippen MR) is 125 cm³/mol. The topological polar surface area (TPSA) is 83.3 Å². The first kappa shape index (κ1) is 22.5. The quantitative estimate of drug-likeness (QED) is 0.646. The van der Waals surface area contributed by atoms with Gasteiger partial charge in [0.25, 0.3) is 5.91 Å². The van der Waals surface area contributed by atoms with Gasteiger partial charge in [-0.25, -0.2) is 0 Å². The lowest BCUT2D eigenvalue weighted by atomic mass is 9.82. The van der Waals surface area contributed by atoms with Crippen molar-refractivity contribution in [3.05, 3.63) is 54.0 Å². The van der Waals surface area contributed by atoms with Crippen LogP contribution in [0.1, 0.15) is 35.9 Å². The van der Waals surface area contributed by atoms with E-state index in [4.69, 9.17) is 9.15 Å². The second kappa shape index (κ2) is 9.52. The van der Waals surface area contributed by atoms with Gasteiger partial charge < -0.3 is 23.9 Å². The monoisotopic (exact) mass is 465 g/mol. The molecule has 0 spiro atoms. The number of benzene rings is 1. The molecule has 2 aromatic rings. The lowest BCUT2D eigenvalue weighted by molar-refractivity contribution is -0.152. The van der Waals surface area contributed by atoms with Crippen LogP contribution in [-0.4, -0.2) is 73.0 Å². The summed E-state index contributed by atoms with van der Waals surface area (Å²) < 4.78 is 10.5. The fourth-order valence-electron chi connectivity index (χ4n) is 5.61. The molecule has 8 nitrogen and oxygen atoms in total. The molecule has 2 fully saturated rings. The van der Waals surface area contributed by atoms with E-state index in [9.17, 15) is 14.4 Å². The Balaban J connectivity index is 1.35. The summed E-state index contributed by atoms with van der Waals surface area (Å²) in [5.74, 6) is -0.241. The molecule has 2 saturated heterocycles. The van der Waals surface area contributed by atoms with Crippen molar-refractivity contribution in [2.75, 3.05) is 44.2 Å². The molecule has 0 bridgehead atoms. The molecule has 0 N–H and O–H groups in total. The highest BCUT2D eigenvalue weighted by molar-refractivity contribution is 5.92. The third kappa shape index (κ3) is 4.17. The summed E-state index contributed by atoms with van der Waals surface area (Å²) in [5, 5.41) is 0. The van der Waals surface area contributed by atoms with E-state index in [2.05, 4.69) is 17.0 Å². The second-order valence-electron chi connectivity index (χ2n) is 9.28. The van der Waals surface area contributed by atoms with Crippen LogP contribution in [0.15, 0.2) is 47.1 Å². The van der Waals surface area contributed by atoms with Gasteiger partial charge in [0.1, 0.15) is 0 Å². The molecule has 180 valence electrons. The van der Waals surface area contributed by atoms with Crippen molar-refractivity contribution in [3.8, 4) is 0 Å². The first-order chi connectivity index (χ1) is 16.6. The van der Waals surface area contributed by atoms with Gasteiger partial charge in [0.15, 0.2) is 5.76 Å². The Hall–Kier alpha value is -3.29. The molecule has 3 aliphatic rings. The predicted octanol–water partition coefficient (Wildman–Crippen LogP) is 2.58. The molecule has 8 heteroatoms. The molecule has 1 aromatic carbocycles. The minimum absolute atomic E-state index is 0.0992. The van der Waals surface area contributed by atoms with E-state index >= 15 is 0 Å². The fraction of sp³-hybridized carbons (Fsp3) is 0.500. The summed E-state index contributed by atoms with van der Waals surface area (Å²) in [6.07, 6.45) is 3.42. The highest BCUT2D eigenvalue weighted by Gasteiger charge is 2.44. The van der Waals surface area contributed by atoms with Gasteiger partial charge in [-0.05, 0) is 49.9 Å². The number of hydrogen-bond donors (Lipinski definition) is 0. The van der Waals surface area contributed by atoms with Gasteiger partial charge in [-0.1, -0.05) is 18.2 Å². The van der Waals surface area contributed by atoms with E-state index in [-0.39, 0.29) is 35.7 Å². The number of amides is 2. The number of rotatable bonds is 4. The maximum absolute atomic E-state index is 13.8. The maximum atomic E-state index is 13.8. The highest BCUT2D eigenvalue weighted by atomic mass is 16.5. The maximum Gasteiger partial charge on any atom is 0.309 e. The Kier molecular flexibility index (Phi) is 6.30. The number of furan rings is 1. The summed E-state index contributed by atoms with van der Waals surface area (Å²) in [5.41, 5.74) is 2.33. The van der Waals surface area contributed by atoms with E-state index in [1.807, 2.05) is 24.0 Å². The van der Waals surface area contributed by atoms with E-state index in [0.717, 1.165) is 5.69 Å². The number of hydrogen-bond acceptors (Lipinski definition) is 6. The number of carbonyl (C=O) groups excluding carboxylic acids is 3. The number of anilines is 1. The lowest BCUT2D eigenvalue weighted by Gasteiger charge is -2.50. The van der Waals surface area contributed by atoms with Crippen molar-refractivity contribution in [1.29, 1.82) is 0 Å². The Morgan fingerprint density at radius 2 is 1.79 bits per heavy atom. The minimum Gasteiger partial charge on any atom is -0.466 e. The van der Waals surface area contributed by atoms with Crippen LogP contribution in [0.3, 0.4) is 0 Å². The van der Waals surface area contributed by atoms with Crippen molar-refractivity contribution < 1.29 is 23.5 Å². The van der Waals surface area contributed by atoms with Crippen LogP contribution >= 0.6 is 0 Å². The second-order valence-corrected chi connectivity index (χ2v) is 9.28. The number of carbonyl (C=O) groups is 3. The number of fused-ring (bicyclic) bond motifs is 3. The van der Waals surface area contributed by atoms with Crippen LogP contribution in [0.25, 0.3) is 0 Å². The van der Waals surface area contributed by atoms with Gasteiger partial charge in [-0.2, -0.15) is 0 Å². The summed E-state index contributed by atoms with van der Waals surface area (Å²) in [7, 11) is 0. The third-order valence-electron chi connectivity index (χ3n) is 7.39. The van der Waals surface area contributed by atoms with Crippen molar-refractivity contribution >= 4 is 23.5 Å². The first-order valence-electron chi connectivity index (χ1n) is 12.2. The standard InChI is InChI=1S/C26H31N3O5/c1-2-33-26(32)18-9-11-27(12-10-18)24(30)20-16-19-6-3-4-7-21(19)29-14-13-28(17-22(20)29)25(31)23-8-5-15-34-23/h3-8,15,18,20,22H,2,9-14,16-17H2,1H3. The van der Waals surface area contributed by atoms with Gasteiger partial charge in [-0.15, -0.1) is 0 Å². The van der Waals surface area contributed by atoms with Gasteiger partial charge >= 0.3 is 5.97 Å². The highest BCUT2D eigenvalue weighted by Crippen LogP contribution is 2.37. The fourth-order valence-corrected chi connectivity index (χ4v) is 5.61. The molecule has 0 radical (unpaired) electrons. The number of para-hydroxylation sites is 1. The molecular weight excluding hydrogens is 434 g/mol. The summed E-state index contributed by atoms with van der Waals surface area (Å²) in [6, 6.07) is 11.5. The number of nitrogens with zero attached hydrogens (tertiary/aromatic N) is 3. The average Bonchev–Trinajstić information content (AvgIpc) is 3.42. The van der Waals surface area contributed by atoms with E-state index < -0.39 is 0 Å². The Morgan fingerprint density at radius 1 is 1.00 bits per heavy atom. The van der Waals surface area contributed by atoms with E-state index in [0.29, 0.717) is 64.4 Å². The molecular formula is C26H31N3O5. The third-order valence-corrected chi connectivity index (χ3v) is 7.39. The summed E-state index contributed by atoms with van der Waals surface area (Å²) in [4.78, 5) is 44.9. The zero-order chi connectivity index (χ0) is 23.7. The zero-order valence-corrected chi connectivity index (χ0v) is 19.5. The molecule has 34 heavy (non-hydrogen) atoms. The van der Waals surface area contributed by atoms with Gasteiger partial charge in [-0.3, -0.25) is 14.4 Å². The molecule has 4 heterocycles. The van der Waals surface area contributed by atoms with Crippen LogP contribution in [0.2, 0.25) is 0 Å². The Bertz CT molecular complexity index is 1040. The van der Waals surface area contributed by atoms with Crippen LogP contribution in [0.4, 0.5) is 5.69 Å². The largest absolute Gasteiger partial charge is 0.466 e. The van der Waals surface area contributed by atoms with E-state index in [1.165, 1.54) is 11.8 Å². The SMILES string of the molecule is CCOC(=O)C1CCN(C(=O)C2Cc3ccccc3N3CCN(C(=O)c4ccco4)CC23)CC1. The van der Waals surface area contributed by atoms with Crippen molar-refractivity contribution in [2.24, 2.45) is 11.8 Å². The number of piperazine rings is 1. The normalized spacial score (nSPS) is 22.7. The number of likely N-dealkylation sites (tertiary alicyclic amines) is 1. The molecule has 0 aliphatic carbocycles. The van der Waals surface area contributed by atoms with Gasteiger partial charge in [0.2, 0.25) is 5.91 Å². The van der Waals surface area contributed by atoms with Crippen molar-refractivity contribution in [2.45, 2.75) is 32.2 Å². The summed E-state index contributed by atoms with van der Waals surface area (Å²) >= 11 is 0. The molecule has 0 saturated carbocycles. The van der Waals surface area contributed by atoms with Gasteiger partial charge in [0, 0.05) is 38.4 Å². The van der Waals surface area contributed by atoms with Gasteiger partial charge in [0.05, 0.1) is 30.7 Å². The van der Waals surface area contributed by atoms with Crippen molar-refractivity contribution in [1.82, 2.24) is 9.80 Å². The van der Waals surface area contributed by atoms with Crippen LogP contribution < -0.4 is 4.90 Å². The number of piperidine rings is 1. The molecule has 3 aliphatic heterocycles. The minimum atomic E-state index is -0.249. The van der Waals surface area contributed by atoms with Crippen LogP contribution in [-0.2, 0) is 20.7 Å². The molecule has 5 rings (SSSR count). The molecule has 2 atom stereocenters. The van der Waals surface area contributed by atoms with Crippen LogP contribution in [0.5, 0.6) is 0 Å². The summed E-state index contributed by atoms with van der Waals surface area (Å²) in [6.45, 7) is 5.03. The molecule has 2 amide bonds. The zero-order valence-electron chi connectivity index (χ0n) is 19.5. The molecule has 1 aromatic heterocycles. The average molecular weight is 466 g/mol. The smallest absolute Gasteiger partial charge is 0.309 e.